The van der Waals surface area contributed by atoms with Crippen molar-refractivity contribution in [3.8, 4) is 0 Å². The van der Waals surface area contributed by atoms with Crippen LogP contribution < -0.4 is 15.5 Å². The highest BCUT2D eigenvalue weighted by Crippen LogP contribution is 2.19. The first-order valence-corrected chi connectivity index (χ1v) is 10.0. The summed E-state index contributed by atoms with van der Waals surface area (Å²) >= 11 is 1.29. The second-order valence-electron chi connectivity index (χ2n) is 6.10. The molecule has 2 aromatic carbocycles. The Balaban J connectivity index is 1.38. The summed E-state index contributed by atoms with van der Waals surface area (Å²) in [6.07, 6.45) is 0. The van der Waals surface area contributed by atoms with E-state index in [1.807, 2.05) is 54.6 Å². The Kier molecular flexibility index (Phi) is 7.12. The number of benzene rings is 2. The molecule has 6 nitrogen and oxygen atoms in total. The van der Waals surface area contributed by atoms with Crippen molar-refractivity contribution in [3.63, 3.8) is 0 Å². The normalized spacial score (nSPS) is 13.9. The number of hydrogen-bond donors (Lipinski definition) is 2. The summed E-state index contributed by atoms with van der Waals surface area (Å²) in [5.74, 6) is 0.228. The van der Waals surface area contributed by atoms with Crippen molar-refractivity contribution in [2.24, 2.45) is 0 Å². The van der Waals surface area contributed by atoms with Crippen LogP contribution in [0.4, 0.5) is 17.1 Å². The van der Waals surface area contributed by atoms with Crippen molar-refractivity contribution in [1.29, 1.82) is 0 Å². The summed E-state index contributed by atoms with van der Waals surface area (Å²) in [7, 11) is 0. The number of hydrogen-bond acceptors (Lipinski definition) is 5. The third kappa shape index (κ3) is 6.30. The second kappa shape index (κ2) is 9.99. The number of nitrogens with zero attached hydrogens (tertiary/aromatic N) is 1. The molecule has 3 rings (SSSR count). The first kappa shape index (κ1) is 19.3. The van der Waals surface area contributed by atoms with E-state index in [2.05, 4.69) is 15.5 Å². The van der Waals surface area contributed by atoms with Crippen molar-refractivity contribution < 1.29 is 14.3 Å². The Labute approximate surface area is 163 Å². The van der Waals surface area contributed by atoms with Crippen LogP contribution in [-0.2, 0) is 14.3 Å². The van der Waals surface area contributed by atoms with Gasteiger partial charge in [-0.1, -0.05) is 18.2 Å². The lowest BCUT2D eigenvalue weighted by molar-refractivity contribution is -0.114. The highest BCUT2D eigenvalue weighted by atomic mass is 32.2. The number of thioether (sulfide) groups is 1. The van der Waals surface area contributed by atoms with Gasteiger partial charge in [-0.2, -0.15) is 0 Å². The largest absolute Gasteiger partial charge is 0.378 e. The Morgan fingerprint density at radius 1 is 0.852 bits per heavy atom. The fourth-order valence-electron chi connectivity index (χ4n) is 2.73. The number of rotatable bonds is 7. The van der Waals surface area contributed by atoms with Crippen LogP contribution >= 0.6 is 11.8 Å². The zero-order valence-electron chi connectivity index (χ0n) is 15.0. The quantitative estimate of drug-likeness (QED) is 0.767. The minimum Gasteiger partial charge on any atom is -0.378 e. The van der Waals surface area contributed by atoms with Gasteiger partial charge in [-0.15, -0.1) is 11.8 Å². The van der Waals surface area contributed by atoms with E-state index in [-0.39, 0.29) is 23.3 Å². The molecule has 0 atom stereocenters. The highest BCUT2D eigenvalue weighted by Gasteiger charge is 2.11. The standard InChI is InChI=1S/C20H23N3O3S/c24-19(21-16-4-2-1-3-5-16)14-27-15-20(25)22-17-6-8-18(9-7-17)23-10-12-26-13-11-23/h1-9H,10-15H2,(H,21,24)(H,22,25). The van der Waals surface area contributed by atoms with Crippen LogP contribution in [0.25, 0.3) is 0 Å². The molecule has 2 N–H and O–H groups in total. The van der Waals surface area contributed by atoms with Gasteiger partial charge in [0.1, 0.15) is 0 Å². The summed E-state index contributed by atoms with van der Waals surface area (Å²) in [6.45, 7) is 3.25. The molecule has 0 aromatic heterocycles. The third-order valence-electron chi connectivity index (χ3n) is 4.05. The van der Waals surface area contributed by atoms with E-state index in [0.29, 0.717) is 0 Å². The molecule has 7 heteroatoms. The smallest absolute Gasteiger partial charge is 0.234 e. The molecule has 0 spiro atoms. The Morgan fingerprint density at radius 3 is 2.00 bits per heavy atom. The number of nitrogens with one attached hydrogen (secondary N) is 2. The number of amides is 2. The zero-order valence-corrected chi connectivity index (χ0v) is 15.8. The van der Waals surface area contributed by atoms with Crippen LogP contribution in [0, 0.1) is 0 Å². The molecule has 0 radical (unpaired) electrons. The van der Waals surface area contributed by atoms with Crippen LogP contribution in [0.15, 0.2) is 54.6 Å². The number of carbonyl (C=O) groups is 2. The summed E-state index contributed by atoms with van der Waals surface area (Å²) in [4.78, 5) is 26.2. The molecule has 1 aliphatic heterocycles. The van der Waals surface area contributed by atoms with Crippen LogP contribution in [0.3, 0.4) is 0 Å². The van der Waals surface area contributed by atoms with E-state index in [0.717, 1.165) is 43.4 Å². The van der Waals surface area contributed by atoms with Crippen LogP contribution in [-0.4, -0.2) is 49.6 Å². The molecule has 2 aromatic rings. The second-order valence-corrected chi connectivity index (χ2v) is 7.09. The number of carbonyl (C=O) groups excluding carboxylic acids is 2. The van der Waals surface area contributed by atoms with Gasteiger partial charge in [-0.3, -0.25) is 9.59 Å². The molecule has 0 unspecified atom stereocenters. The van der Waals surface area contributed by atoms with Gasteiger partial charge < -0.3 is 20.3 Å². The van der Waals surface area contributed by atoms with Crippen molar-refractivity contribution in [3.05, 3.63) is 54.6 Å². The molecule has 0 bridgehead atoms. The van der Waals surface area contributed by atoms with Crippen LogP contribution in [0.5, 0.6) is 0 Å². The summed E-state index contributed by atoms with van der Waals surface area (Å²) < 4.78 is 5.36. The first-order chi connectivity index (χ1) is 13.2. The van der Waals surface area contributed by atoms with Crippen molar-refractivity contribution >= 4 is 40.6 Å². The summed E-state index contributed by atoms with van der Waals surface area (Å²) in [5.41, 5.74) is 2.64. The SMILES string of the molecule is O=C(CSCC(=O)Nc1ccc(N2CCOCC2)cc1)Nc1ccccc1. The summed E-state index contributed by atoms with van der Waals surface area (Å²) in [6, 6.07) is 17.1. The number of para-hydroxylation sites is 1. The van der Waals surface area contributed by atoms with E-state index in [9.17, 15) is 9.59 Å². The number of ether oxygens (including phenoxy) is 1. The van der Waals surface area contributed by atoms with Gasteiger partial charge in [0.15, 0.2) is 0 Å². The topological polar surface area (TPSA) is 70.7 Å². The molecule has 1 saturated heterocycles. The van der Waals surface area contributed by atoms with Crippen LogP contribution in [0.2, 0.25) is 0 Å². The molecule has 0 aliphatic carbocycles. The minimum atomic E-state index is -0.119. The average molecular weight is 385 g/mol. The Bertz CT molecular complexity index is 747. The van der Waals surface area contributed by atoms with Gasteiger partial charge >= 0.3 is 0 Å². The van der Waals surface area contributed by atoms with Crippen LogP contribution in [0.1, 0.15) is 0 Å². The summed E-state index contributed by atoms with van der Waals surface area (Å²) in [5, 5.41) is 5.66. The molecule has 0 saturated carbocycles. The lowest BCUT2D eigenvalue weighted by Crippen LogP contribution is -2.36. The maximum atomic E-state index is 12.0. The fraction of sp³-hybridized carbons (Fsp3) is 0.300. The number of anilines is 3. The van der Waals surface area contributed by atoms with Crippen molar-refractivity contribution in [2.45, 2.75) is 0 Å². The maximum absolute atomic E-state index is 12.0. The van der Waals surface area contributed by atoms with E-state index >= 15 is 0 Å². The Morgan fingerprint density at radius 2 is 1.41 bits per heavy atom. The predicted octanol–water partition coefficient (Wildman–Crippen LogP) is 2.83. The molecule has 27 heavy (non-hydrogen) atoms. The molecule has 1 heterocycles. The van der Waals surface area contributed by atoms with Gasteiger partial charge in [-0.25, -0.2) is 0 Å². The number of morpholine rings is 1. The monoisotopic (exact) mass is 385 g/mol. The van der Waals surface area contributed by atoms with Gasteiger partial charge in [0.2, 0.25) is 11.8 Å². The molecule has 1 aliphatic rings. The van der Waals surface area contributed by atoms with E-state index < -0.39 is 0 Å². The van der Waals surface area contributed by atoms with Crippen molar-refractivity contribution in [2.75, 3.05) is 53.3 Å². The lowest BCUT2D eigenvalue weighted by atomic mass is 10.2. The van der Waals surface area contributed by atoms with E-state index in [1.54, 1.807) is 0 Å². The minimum absolute atomic E-state index is 0.117. The fourth-order valence-corrected chi connectivity index (χ4v) is 3.35. The third-order valence-corrected chi connectivity index (χ3v) is 4.98. The van der Waals surface area contributed by atoms with Gasteiger partial charge in [0.05, 0.1) is 24.7 Å². The average Bonchev–Trinajstić information content (AvgIpc) is 2.70. The molecule has 2 amide bonds. The Hall–Kier alpha value is -2.51. The lowest BCUT2D eigenvalue weighted by Gasteiger charge is -2.28. The maximum Gasteiger partial charge on any atom is 0.234 e. The van der Waals surface area contributed by atoms with E-state index in [1.165, 1.54) is 11.8 Å². The van der Waals surface area contributed by atoms with Crippen molar-refractivity contribution in [1.82, 2.24) is 0 Å². The van der Waals surface area contributed by atoms with Gasteiger partial charge in [0.25, 0.3) is 0 Å². The molecule has 1 fully saturated rings. The first-order valence-electron chi connectivity index (χ1n) is 8.86. The predicted molar refractivity (Wildman–Crippen MR) is 111 cm³/mol. The molecule has 142 valence electrons. The van der Waals surface area contributed by atoms with E-state index in [4.69, 9.17) is 4.74 Å². The highest BCUT2D eigenvalue weighted by molar-refractivity contribution is 8.00. The van der Waals surface area contributed by atoms with Gasteiger partial charge in [-0.05, 0) is 36.4 Å². The molecular weight excluding hydrogens is 362 g/mol. The zero-order chi connectivity index (χ0) is 18.9. The molecular formula is C20H23N3O3S. The van der Waals surface area contributed by atoms with Gasteiger partial charge in [0, 0.05) is 30.2 Å².